The third kappa shape index (κ3) is 5.14. The van der Waals surface area contributed by atoms with Crippen LogP contribution in [0.5, 0.6) is 11.5 Å². The molecule has 1 saturated carbocycles. The van der Waals surface area contributed by atoms with Crippen molar-refractivity contribution in [2.75, 3.05) is 26.6 Å². The van der Waals surface area contributed by atoms with Gasteiger partial charge < -0.3 is 14.8 Å². The third-order valence-electron chi connectivity index (χ3n) is 5.60. The fourth-order valence-electron chi connectivity index (χ4n) is 3.74. The molecule has 0 heterocycles. The molecule has 0 aromatic heterocycles. The number of nitrogens with one attached hydrogen (secondary N) is 1. The zero-order valence-electron chi connectivity index (χ0n) is 17.9. The average Bonchev–Trinajstić information content (AvgIpc) is 2.79. The number of ether oxygens (including phenoxy) is 2. The summed E-state index contributed by atoms with van der Waals surface area (Å²) in [6, 6.07) is 9.05. The lowest BCUT2D eigenvalue weighted by Crippen LogP contribution is -2.38. The molecule has 31 heavy (non-hydrogen) atoms. The van der Waals surface area contributed by atoms with Crippen molar-refractivity contribution in [2.45, 2.75) is 43.0 Å². The van der Waals surface area contributed by atoms with Crippen LogP contribution in [0.15, 0.2) is 41.3 Å². The predicted octanol–water partition coefficient (Wildman–Crippen LogP) is 4.56. The zero-order chi connectivity index (χ0) is 22.6. The summed E-state index contributed by atoms with van der Waals surface area (Å²) in [6.07, 6.45) is 4.99. The van der Waals surface area contributed by atoms with Gasteiger partial charge in [-0.05, 0) is 43.2 Å². The van der Waals surface area contributed by atoms with Crippen molar-refractivity contribution in [1.29, 1.82) is 0 Å². The zero-order valence-corrected chi connectivity index (χ0v) is 19.4. The summed E-state index contributed by atoms with van der Waals surface area (Å²) in [4.78, 5) is 12.9. The van der Waals surface area contributed by atoms with E-state index in [1.165, 1.54) is 48.9 Å². The number of benzene rings is 2. The lowest BCUT2D eigenvalue weighted by Gasteiger charge is -2.30. The van der Waals surface area contributed by atoms with Gasteiger partial charge in [0, 0.05) is 24.7 Å². The number of carbonyl (C=O) groups is 1. The van der Waals surface area contributed by atoms with Crippen LogP contribution in [-0.2, 0) is 10.0 Å². The van der Waals surface area contributed by atoms with Crippen LogP contribution in [-0.4, -0.2) is 45.9 Å². The van der Waals surface area contributed by atoms with Crippen molar-refractivity contribution in [3.05, 3.63) is 47.0 Å². The van der Waals surface area contributed by atoms with Crippen molar-refractivity contribution in [3.63, 3.8) is 0 Å². The molecular weight excluding hydrogens is 440 g/mol. The maximum absolute atomic E-state index is 13.0. The van der Waals surface area contributed by atoms with Gasteiger partial charge in [0.2, 0.25) is 10.0 Å². The van der Waals surface area contributed by atoms with Gasteiger partial charge >= 0.3 is 0 Å². The number of hydrogen-bond donors (Lipinski definition) is 1. The van der Waals surface area contributed by atoms with Crippen LogP contribution in [0.2, 0.25) is 5.02 Å². The number of carbonyl (C=O) groups excluding carboxylic acids is 1. The molecule has 2 aromatic rings. The number of amides is 1. The third-order valence-corrected chi connectivity index (χ3v) is 7.82. The summed E-state index contributed by atoms with van der Waals surface area (Å²) in [6.45, 7) is 0. The molecule has 2 aromatic carbocycles. The summed E-state index contributed by atoms with van der Waals surface area (Å²) in [5, 5.41) is 3.06. The molecule has 0 unspecified atom stereocenters. The van der Waals surface area contributed by atoms with Crippen molar-refractivity contribution in [3.8, 4) is 11.5 Å². The first-order chi connectivity index (χ1) is 14.8. The number of methoxy groups -OCH3 is 2. The highest BCUT2D eigenvalue weighted by Gasteiger charge is 2.29. The highest BCUT2D eigenvalue weighted by Crippen LogP contribution is 2.36. The molecule has 0 saturated heterocycles. The van der Waals surface area contributed by atoms with Crippen LogP contribution in [0.4, 0.5) is 5.69 Å². The number of rotatable bonds is 7. The summed E-state index contributed by atoms with van der Waals surface area (Å²) in [7, 11) is 0.976. The van der Waals surface area contributed by atoms with Crippen LogP contribution >= 0.6 is 11.6 Å². The second-order valence-corrected chi connectivity index (χ2v) is 9.88. The van der Waals surface area contributed by atoms with Crippen LogP contribution < -0.4 is 14.8 Å². The fourth-order valence-corrected chi connectivity index (χ4v) is 5.39. The first kappa shape index (κ1) is 23.4. The van der Waals surface area contributed by atoms with Gasteiger partial charge in [-0.15, -0.1) is 0 Å². The van der Waals surface area contributed by atoms with Gasteiger partial charge in [0.25, 0.3) is 5.91 Å². The Morgan fingerprint density at radius 2 is 1.65 bits per heavy atom. The number of sulfonamides is 1. The van der Waals surface area contributed by atoms with Gasteiger partial charge in [0.05, 0.1) is 29.8 Å². The molecule has 0 aliphatic heterocycles. The molecule has 0 bridgehead atoms. The summed E-state index contributed by atoms with van der Waals surface area (Å²) in [5.74, 6) is 0.403. The maximum atomic E-state index is 13.0. The Morgan fingerprint density at radius 1 is 1.03 bits per heavy atom. The molecular formula is C22H27ClN2O5S. The van der Waals surface area contributed by atoms with E-state index in [-0.39, 0.29) is 10.9 Å². The Hall–Kier alpha value is -2.29. The molecule has 0 atom stereocenters. The van der Waals surface area contributed by atoms with Crippen LogP contribution in [0.1, 0.15) is 42.5 Å². The van der Waals surface area contributed by atoms with E-state index in [9.17, 15) is 13.2 Å². The quantitative estimate of drug-likeness (QED) is 0.646. The van der Waals surface area contributed by atoms with Crippen molar-refractivity contribution in [2.24, 2.45) is 0 Å². The van der Waals surface area contributed by atoms with E-state index >= 15 is 0 Å². The van der Waals surface area contributed by atoms with Gasteiger partial charge in [-0.1, -0.05) is 30.9 Å². The van der Waals surface area contributed by atoms with E-state index < -0.39 is 15.9 Å². The number of nitrogens with zero attached hydrogens (tertiary/aromatic N) is 1. The minimum atomic E-state index is -3.61. The summed E-state index contributed by atoms with van der Waals surface area (Å²) in [5.41, 5.74) is 0.695. The largest absolute Gasteiger partial charge is 0.495 e. The molecule has 0 radical (unpaired) electrons. The minimum absolute atomic E-state index is 0.0222. The fraction of sp³-hybridized carbons (Fsp3) is 0.409. The first-order valence-corrected chi connectivity index (χ1v) is 11.9. The second-order valence-electron chi connectivity index (χ2n) is 7.48. The van der Waals surface area contributed by atoms with E-state index in [2.05, 4.69) is 5.32 Å². The Morgan fingerprint density at radius 3 is 2.23 bits per heavy atom. The van der Waals surface area contributed by atoms with E-state index in [1.54, 1.807) is 13.1 Å². The summed E-state index contributed by atoms with van der Waals surface area (Å²) >= 11 is 6.15. The van der Waals surface area contributed by atoms with Crippen molar-refractivity contribution in [1.82, 2.24) is 4.31 Å². The van der Waals surface area contributed by atoms with E-state index in [0.717, 1.165) is 32.1 Å². The van der Waals surface area contributed by atoms with E-state index in [4.69, 9.17) is 21.1 Å². The molecule has 1 aliphatic rings. The van der Waals surface area contributed by atoms with E-state index in [1.807, 2.05) is 0 Å². The van der Waals surface area contributed by atoms with Crippen LogP contribution in [0.3, 0.4) is 0 Å². The smallest absolute Gasteiger partial charge is 0.255 e. The van der Waals surface area contributed by atoms with Crippen LogP contribution in [0.25, 0.3) is 0 Å². The maximum Gasteiger partial charge on any atom is 0.255 e. The lowest BCUT2D eigenvalue weighted by atomic mass is 9.96. The SMILES string of the molecule is COc1cc(OC)c(NC(=O)c2ccc(S(=O)(=O)N(C)C3CCCCC3)cc2)cc1Cl. The molecule has 1 aliphatic carbocycles. The normalized spacial score (nSPS) is 15.0. The molecule has 168 valence electrons. The molecule has 3 rings (SSSR count). The standard InChI is InChI=1S/C22H27ClN2O5S/c1-25(16-7-5-4-6-8-16)31(27,28)17-11-9-15(10-12-17)22(26)24-19-13-18(23)20(29-2)14-21(19)30-3/h9-14,16H,4-8H2,1-3H3,(H,24,26). The van der Waals surface area contributed by atoms with Gasteiger partial charge in [-0.3, -0.25) is 4.79 Å². The topological polar surface area (TPSA) is 84.9 Å². The Kier molecular flexibility index (Phi) is 7.46. The molecule has 9 heteroatoms. The summed E-state index contributed by atoms with van der Waals surface area (Å²) < 4.78 is 37.8. The highest BCUT2D eigenvalue weighted by molar-refractivity contribution is 7.89. The van der Waals surface area contributed by atoms with Gasteiger partial charge in [0.1, 0.15) is 11.5 Å². The second kappa shape index (κ2) is 9.89. The first-order valence-electron chi connectivity index (χ1n) is 10.1. The number of anilines is 1. The van der Waals surface area contributed by atoms with Gasteiger partial charge in [-0.2, -0.15) is 4.31 Å². The number of halogens is 1. The number of hydrogen-bond acceptors (Lipinski definition) is 5. The lowest BCUT2D eigenvalue weighted by molar-refractivity contribution is 0.102. The highest BCUT2D eigenvalue weighted by atomic mass is 35.5. The molecule has 7 nitrogen and oxygen atoms in total. The molecule has 1 fully saturated rings. The predicted molar refractivity (Wildman–Crippen MR) is 121 cm³/mol. The monoisotopic (exact) mass is 466 g/mol. The molecule has 0 spiro atoms. The molecule has 1 N–H and O–H groups in total. The minimum Gasteiger partial charge on any atom is -0.495 e. The van der Waals surface area contributed by atoms with Crippen molar-refractivity contribution >= 4 is 33.2 Å². The van der Waals surface area contributed by atoms with Gasteiger partial charge in [0.15, 0.2) is 0 Å². The Labute approximate surface area is 188 Å². The average molecular weight is 467 g/mol. The molecule has 1 amide bonds. The van der Waals surface area contributed by atoms with Crippen molar-refractivity contribution < 1.29 is 22.7 Å². The Balaban J connectivity index is 1.77. The Bertz CT molecular complexity index is 1030. The van der Waals surface area contributed by atoms with Gasteiger partial charge in [-0.25, -0.2) is 8.42 Å². The van der Waals surface area contributed by atoms with E-state index in [0.29, 0.717) is 27.8 Å². The van der Waals surface area contributed by atoms with Crippen LogP contribution in [0, 0.1) is 0 Å².